The van der Waals surface area contributed by atoms with Crippen LogP contribution in [0.5, 0.6) is 0 Å². The summed E-state index contributed by atoms with van der Waals surface area (Å²) in [5, 5.41) is 1.82. The quantitative estimate of drug-likeness (QED) is 0.498. The number of rotatable bonds is 8. The third kappa shape index (κ3) is 6.24. The van der Waals surface area contributed by atoms with Crippen molar-refractivity contribution in [3.8, 4) is 0 Å². The number of carbonyl (C=O) groups is 3. The molecule has 0 amide bonds. The highest BCUT2D eigenvalue weighted by atomic mass is 32.1. The lowest BCUT2D eigenvalue weighted by atomic mass is 9.75. The molecule has 2 rings (SSSR count). The minimum absolute atomic E-state index is 0.0287. The molecule has 0 aromatic carbocycles. The standard InChI is InChI=1S/C20H28O5S/c1-13(2)15-7-6-14(3)11-17(15)25-20(23)12-24-19(22)9-8-16(21)18-5-4-10-26-18/h4-5,10,13-15,17H,6-9,11-12H2,1-3H3/t14-,15+,17-/m1/s1. The molecule has 0 unspecified atom stereocenters. The van der Waals surface area contributed by atoms with Crippen molar-refractivity contribution < 1.29 is 23.9 Å². The molecule has 0 radical (unpaired) electrons. The summed E-state index contributed by atoms with van der Waals surface area (Å²) in [4.78, 5) is 36.3. The Bertz CT molecular complexity index is 608. The van der Waals surface area contributed by atoms with Gasteiger partial charge in [-0.3, -0.25) is 9.59 Å². The topological polar surface area (TPSA) is 69.7 Å². The lowest BCUT2D eigenvalue weighted by Crippen LogP contribution is -2.36. The number of carbonyl (C=O) groups excluding carboxylic acids is 3. The van der Waals surface area contributed by atoms with Crippen LogP contribution in [0.3, 0.4) is 0 Å². The van der Waals surface area contributed by atoms with Crippen molar-refractivity contribution >= 4 is 29.1 Å². The second kappa shape index (κ2) is 9.86. The van der Waals surface area contributed by atoms with Crippen LogP contribution in [0.1, 0.15) is 62.5 Å². The monoisotopic (exact) mass is 380 g/mol. The first-order valence-electron chi connectivity index (χ1n) is 9.28. The fraction of sp³-hybridized carbons (Fsp3) is 0.650. The van der Waals surface area contributed by atoms with Crippen LogP contribution < -0.4 is 0 Å². The Morgan fingerprint density at radius 2 is 1.96 bits per heavy atom. The van der Waals surface area contributed by atoms with Gasteiger partial charge < -0.3 is 9.47 Å². The Labute approximate surface area is 159 Å². The summed E-state index contributed by atoms with van der Waals surface area (Å²) in [7, 11) is 0. The molecular formula is C20H28O5S. The van der Waals surface area contributed by atoms with Gasteiger partial charge in [0, 0.05) is 6.42 Å². The lowest BCUT2D eigenvalue weighted by molar-refractivity contribution is -0.167. The number of Topliss-reactive ketones (excluding diaryl/α,β-unsaturated/α-hetero) is 1. The van der Waals surface area contributed by atoms with Crippen LogP contribution in [0.15, 0.2) is 17.5 Å². The van der Waals surface area contributed by atoms with Gasteiger partial charge in [0.05, 0.1) is 11.3 Å². The SMILES string of the molecule is CC(C)[C@@H]1CC[C@@H](C)C[C@H]1OC(=O)COC(=O)CCC(=O)c1cccs1. The Balaban J connectivity index is 1.71. The van der Waals surface area contributed by atoms with Crippen molar-refractivity contribution in [1.82, 2.24) is 0 Å². The zero-order chi connectivity index (χ0) is 19.1. The molecule has 0 aliphatic heterocycles. The maximum atomic E-state index is 12.1. The molecule has 0 bridgehead atoms. The molecule has 0 saturated heterocycles. The highest BCUT2D eigenvalue weighted by Gasteiger charge is 2.33. The van der Waals surface area contributed by atoms with Crippen LogP contribution in [0.25, 0.3) is 0 Å². The molecule has 1 aromatic heterocycles. The maximum absolute atomic E-state index is 12.1. The Morgan fingerprint density at radius 3 is 2.62 bits per heavy atom. The first kappa shape index (κ1) is 20.6. The molecule has 0 N–H and O–H groups in total. The van der Waals surface area contributed by atoms with Gasteiger partial charge in [0.1, 0.15) is 6.10 Å². The van der Waals surface area contributed by atoms with Gasteiger partial charge in [-0.1, -0.05) is 33.3 Å². The highest BCUT2D eigenvalue weighted by molar-refractivity contribution is 7.12. The first-order valence-corrected chi connectivity index (χ1v) is 10.2. The van der Waals surface area contributed by atoms with Gasteiger partial charge in [-0.05, 0) is 42.0 Å². The van der Waals surface area contributed by atoms with Crippen molar-refractivity contribution in [2.24, 2.45) is 17.8 Å². The van der Waals surface area contributed by atoms with E-state index in [4.69, 9.17) is 9.47 Å². The average Bonchev–Trinajstić information content (AvgIpc) is 3.12. The first-order chi connectivity index (χ1) is 12.4. The third-order valence-corrected chi connectivity index (χ3v) is 5.86. The summed E-state index contributed by atoms with van der Waals surface area (Å²) in [6.07, 6.45) is 3.03. The summed E-state index contributed by atoms with van der Waals surface area (Å²) < 4.78 is 10.6. The van der Waals surface area contributed by atoms with Crippen molar-refractivity contribution in [3.05, 3.63) is 22.4 Å². The summed E-state index contributed by atoms with van der Waals surface area (Å²) in [6.45, 7) is 6.07. The van der Waals surface area contributed by atoms with E-state index < -0.39 is 11.9 Å². The minimum Gasteiger partial charge on any atom is -0.460 e. The van der Waals surface area contributed by atoms with Crippen LogP contribution >= 0.6 is 11.3 Å². The van der Waals surface area contributed by atoms with Crippen molar-refractivity contribution in [3.63, 3.8) is 0 Å². The van der Waals surface area contributed by atoms with Crippen LogP contribution in [0, 0.1) is 17.8 Å². The van der Waals surface area contributed by atoms with E-state index in [1.807, 2.05) is 5.38 Å². The van der Waals surface area contributed by atoms with Crippen molar-refractivity contribution in [1.29, 1.82) is 0 Å². The smallest absolute Gasteiger partial charge is 0.344 e. The van der Waals surface area contributed by atoms with E-state index in [2.05, 4.69) is 20.8 Å². The van der Waals surface area contributed by atoms with Crippen LogP contribution in [-0.4, -0.2) is 30.4 Å². The largest absolute Gasteiger partial charge is 0.460 e. The predicted molar refractivity (Wildman–Crippen MR) is 100 cm³/mol. The Morgan fingerprint density at radius 1 is 1.19 bits per heavy atom. The van der Waals surface area contributed by atoms with E-state index in [0.29, 0.717) is 22.6 Å². The van der Waals surface area contributed by atoms with Gasteiger partial charge in [-0.2, -0.15) is 0 Å². The molecule has 1 fully saturated rings. The summed E-state index contributed by atoms with van der Waals surface area (Å²) in [5.41, 5.74) is 0. The highest BCUT2D eigenvalue weighted by Crippen LogP contribution is 2.35. The minimum atomic E-state index is -0.552. The number of ether oxygens (including phenoxy) is 2. The molecule has 0 spiro atoms. The molecule has 144 valence electrons. The zero-order valence-corrected chi connectivity index (χ0v) is 16.6. The van der Waals surface area contributed by atoms with E-state index >= 15 is 0 Å². The summed E-state index contributed by atoms with van der Waals surface area (Å²) >= 11 is 1.35. The van der Waals surface area contributed by atoms with Gasteiger partial charge in [0.15, 0.2) is 12.4 Å². The Kier molecular flexibility index (Phi) is 7.82. The third-order valence-electron chi connectivity index (χ3n) is 4.95. The number of hydrogen-bond donors (Lipinski definition) is 0. The fourth-order valence-electron chi connectivity index (χ4n) is 3.44. The van der Waals surface area contributed by atoms with E-state index in [-0.39, 0.29) is 31.3 Å². The Hall–Kier alpha value is -1.69. The van der Waals surface area contributed by atoms with Crippen molar-refractivity contribution in [2.45, 2.75) is 59.0 Å². The molecule has 6 heteroatoms. The molecule has 5 nitrogen and oxygen atoms in total. The van der Waals surface area contributed by atoms with E-state index in [9.17, 15) is 14.4 Å². The summed E-state index contributed by atoms with van der Waals surface area (Å²) in [5.74, 6) is 0.196. The maximum Gasteiger partial charge on any atom is 0.344 e. The molecule has 26 heavy (non-hydrogen) atoms. The van der Waals surface area contributed by atoms with Crippen molar-refractivity contribution in [2.75, 3.05) is 6.61 Å². The van der Waals surface area contributed by atoms with Crippen LogP contribution in [0.4, 0.5) is 0 Å². The number of hydrogen-bond acceptors (Lipinski definition) is 6. The zero-order valence-electron chi connectivity index (χ0n) is 15.7. The average molecular weight is 381 g/mol. The lowest BCUT2D eigenvalue weighted by Gasteiger charge is -2.36. The van der Waals surface area contributed by atoms with E-state index in [1.54, 1.807) is 12.1 Å². The van der Waals surface area contributed by atoms with Gasteiger partial charge in [-0.15, -0.1) is 11.3 Å². The summed E-state index contributed by atoms with van der Waals surface area (Å²) in [6, 6.07) is 3.52. The van der Waals surface area contributed by atoms with Gasteiger partial charge in [-0.25, -0.2) is 4.79 Å². The normalized spacial score (nSPS) is 22.8. The molecule has 1 aliphatic carbocycles. The number of esters is 2. The fourth-order valence-corrected chi connectivity index (χ4v) is 4.14. The second-order valence-corrected chi connectivity index (χ2v) is 8.36. The second-order valence-electron chi connectivity index (χ2n) is 7.42. The van der Waals surface area contributed by atoms with Crippen LogP contribution in [0.2, 0.25) is 0 Å². The van der Waals surface area contributed by atoms with E-state index in [0.717, 1.165) is 19.3 Å². The van der Waals surface area contributed by atoms with Gasteiger partial charge in [0.2, 0.25) is 0 Å². The molecule has 1 aromatic rings. The number of thiophene rings is 1. The number of ketones is 1. The molecule has 1 heterocycles. The molecular weight excluding hydrogens is 352 g/mol. The van der Waals surface area contributed by atoms with Crippen LogP contribution in [-0.2, 0) is 19.1 Å². The predicted octanol–water partition coefficient (Wildman–Crippen LogP) is 4.26. The molecule has 1 aliphatic rings. The van der Waals surface area contributed by atoms with E-state index in [1.165, 1.54) is 11.3 Å². The molecule has 1 saturated carbocycles. The van der Waals surface area contributed by atoms with Gasteiger partial charge in [0.25, 0.3) is 0 Å². The van der Waals surface area contributed by atoms with Gasteiger partial charge >= 0.3 is 11.9 Å². The molecule has 3 atom stereocenters.